The third kappa shape index (κ3) is 6.50. The number of anilines is 1. The van der Waals surface area contributed by atoms with Crippen LogP contribution in [0.4, 0.5) is 5.13 Å². The van der Waals surface area contributed by atoms with E-state index in [2.05, 4.69) is 15.5 Å². The standard InChI is InChI=1S/C15H17N3O3S3/c1-3-21-13(20)9-23-15-18-17-14(24-15)16-12(19)8-22-11-6-4-10(2)5-7-11/h4-7H,3,8-9H2,1-2H3,(H,16,17,19). The molecule has 1 aromatic carbocycles. The Morgan fingerprint density at radius 1 is 1.17 bits per heavy atom. The molecule has 1 aromatic heterocycles. The molecule has 1 N–H and O–H groups in total. The van der Waals surface area contributed by atoms with E-state index in [-0.39, 0.29) is 17.6 Å². The minimum Gasteiger partial charge on any atom is -0.465 e. The summed E-state index contributed by atoms with van der Waals surface area (Å²) in [7, 11) is 0. The van der Waals surface area contributed by atoms with Gasteiger partial charge in [0.05, 0.1) is 18.1 Å². The number of carbonyl (C=O) groups is 2. The molecule has 0 bridgehead atoms. The number of hydrogen-bond donors (Lipinski definition) is 1. The van der Waals surface area contributed by atoms with Crippen LogP contribution in [0, 0.1) is 6.92 Å². The molecule has 128 valence electrons. The van der Waals surface area contributed by atoms with Crippen molar-refractivity contribution in [1.29, 1.82) is 0 Å². The summed E-state index contributed by atoms with van der Waals surface area (Å²) in [6.45, 7) is 4.14. The van der Waals surface area contributed by atoms with Gasteiger partial charge in [-0.1, -0.05) is 40.8 Å². The van der Waals surface area contributed by atoms with Crippen LogP contribution < -0.4 is 5.32 Å². The number of rotatable bonds is 8. The van der Waals surface area contributed by atoms with E-state index in [0.29, 0.717) is 21.8 Å². The first-order valence-electron chi connectivity index (χ1n) is 7.18. The quantitative estimate of drug-likeness (QED) is 0.426. The van der Waals surface area contributed by atoms with Crippen molar-refractivity contribution in [3.8, 4) is 0 Å². The van der Waals surface area contributed by atoms with Gasteiger partial charge in [-0.2, -0.15) is 0 Å². The number of hydrogen-bond acceptors (Lipinski definition) is 8. The first kappa shape index (κ1) is 18.8. The van der Waals surface area contributed by atoms with Gasteiger partial charge in [0.2, 0.25) is 11.0 Å². The Labute approximate surface area is 152 Å². The Hall–Kier alpha value is -1.58. The second-order valence-corrected chi connectivity index (χ2v) is 7.87. The highest BCUT2D eigenvalue weighted by molar-refractivity contribution is 8.01. The fourth-order valence-electron chi connectivity index (χ4n) is 1.58. The minimum atomic E-state index is -0.294. The Bertz CT molecular complexity index is 689. The largest absolute Gasteiger partial charge is 0.465 e. The normalized spacial score (nSPS) is 10.4. The zero-order valence-corrected chi connectivity index (χ0v) is 15.7. The average molecular weight is 384 g/mol. The Morgan fingerprint density at radius 2 is 1.92 bits per heavy atom. The fraction of sp³-hybridized carbons (Fsp3) is 0.333. The van der Waals surface area contributed by atoms with E-state index in [9.17, 15) is 9.59 Å². The van der Waals surface area contributed by atoms with Crippen LogP contribution in [0.25, 0.3) is 0 Å². The summed E-state index contributed by atoms with van der Waals surface area (Å²) in [4.78, 5) is 24.3. The number of ether oxygens (including phenoxy) is 1. The third-order valence-electron chi connectivity index (χ3n) is 2.66. The van der Waals surface area contributed by atoms with E-state index >= 15 is 0 Å². The van der Waals surface area contributed by atoms with E-state index < -0.39 is 0 Å². The highest BCUT2D eigenvalue weighted by Crippen LogP contribution is 2.26. The van der Waals surface area contributed by atoms with Crippen molar-refractivity contribution >= 4 is 51.9 Å². The summed E-state index contributed by atoms with van der Waals surface area (Å²) in [6, 6.07) is 8.00. The second kappa shape index (κ2) is 9.65. The highest BCUT2D eigenvalue weighted by atomic mass is 32.2. The number of amides is 1. The van der Waals surface area contributed by atoms with Crippen LogP contribution in [0.2, 0.25) is 0 Å². The van der Waals surface area contributed by atoms with Crippen molar-refractivity contribution in [2.75, 3.05) is 23.4 Å². The molecule has 0 aliphatic carbocycles. The number of thioether (sulfide) groups is 2. The Balaban J connectivity index is 1.75. The average Bonchev–Trinajstić information content (AvgIpc) is 3.00. The number of carbonyl (C=O) groups excluding carboxylic acids is 2. The lowest BCUT2D eigenvalue weighted by Gasteiger charge is -2.02. The van der Waals surface area contributed by atoms with Crippen LogP contribution in [-0.4, -0.2) is 40.2 Å². The monoisotopic (exact) mass is 383 g/mol. The third-order valence-corrected chi connectivity index (χ3v) is 5.62. The van der Waals surface area contributed by atoms with Crippen molar-refractivity contribution in [3.63, 3.8) is 0 Å². The van der Waals surface area contributed by atoms with E-state index in [0.717, 1.165) is 4.90 Å². The summed E-state index contributed by atoms with van der Waals surface area (Å²) in [5.41, 5.74) is 1.19. The van der Waals surface area contributed by atoms with Gasteiger partial charge < -0.3 is 4.74 Å². The molecule has 0 radical (unpaired) electrons. The fourth-order valence-corrected chi connectivity index (χ4v) is 3.85. The van der Waals surface area contributed by atoms with E-state index in [1.165, 1.54) is 40.4 Å². The molecular weight excluding hydrogens is 366 g/mol. The van der Waals surface area contributed by atoms with E-state index in [1.807, 2.05) is 31.2 Å². The predicted octanol–water partition coefficient (Wildman–Crippen LogP) is 3.23. The molecule has 1 heterocycles. The summed E-state index contributed by atoms with van der Waals surface area (Å²) in [5.74, 6) is 0.0460. The molecule has 2 aromatic rings. The summed E-state index contributed by atoms with van der Waals surface area (Å²) >= 11 is 3.94. The first-order chi connectivity index (χ1) is 11.6. The molecule has 2 rings (SSSR count). The Morgan fingerprint density at radius 3 is 2.62 bits per heavy atom. The van der Waals surface area contributed by atoms with Crippen LogP contribution in [0.3, 0.4) is 0 Å². The van der Waals surface area contributed by atoms with Gasteiger partial charge in [-0.3, -0.25) is 14.9 Å². The highest BCUT2D eigenvalue weighted by Gasteiger charge is 2.11. The SMILES string of the molecule is CCOC(=O)CSc1nnc(NC(=O)CSc2ccc(C)cc2)s1. The number of aromatic nitrogens is 2. The molecule has 0 atom stereocenters. The van der Waals surface area contributed by atoms with Crippen LogP contribution in [0.5, 0.6) is 0 Å². The van der Waals surface area contributed by atoms with Gasteiger partial charge in [0.15, 0.2) is 4.34 Å². The first-order valence-corrected chi connectivity index (χ1v) is 9.97. The van der Waals surface area contributed by atoms with Gasteiger partial charge in [-0.05, 0) is 26.0 Å². The van der Waals surface area contributed by atoms with Crippen molar-refractivity contribution < 1.29 is 14.3 Å². The van der Waals surface area contributed by atoms with Crippen LogP contribution in [0.15, 0.2) is 33.5 Å². The van der Waals surface area contributed by atoms with E-state index in [4.69, 9.17) is 4.74 Å². The van der Waals surface area contributed by atoms with Crippen LogP contribution in [-0.2, 0) is 14.3 Å². The van der Waals surface area contributed by atoms with E-state index in [1.54, 1.807) is 6.92 Å². The molecule has 0 aliphatic rings. The lowest BCUT2D eigenvalue weighted by Crippen LogP contribution is -2.13. The van der Waals surface area contributed by atoms with Gasteiger partial charge in [0.25, 0.3) is 0 Å². The smallest absolute Gasteiger partial charge is 0.316 e. The zero-order chi connectivity index (χ0) is 17.4. The zero-order valence-electron chi connectivity index (χ0n) is 13.3. The van der Waals surface area contributed by atoms with Crippen LogP contribution >= 0.6 is 34.9 Å². The van der Waals surface area contributed by atoms with Gasteiger partial charge in [-0.25, -0.2) is 0 Å². The molecule has 1 amide bonds. The van der Waals surface area contributed by atoms with Crippen molar-refractivity contribution in [3.05, 3.63) is 29.8 Å². The lowest BCUT2D eigenvalue weighted by molar-refractivity contribution is -0.139. The molecule has 0 unspecified atom stereocenters. The second-order valence-electron chi connectivity index (χ2n) is 4.62. The van der Waals surface area contributed by atoms with Crippen molar-refractivity contribution in [1.82, 2.24) is 10.2 Å². The molecule has 6 nitrogen and oxygen atoms in total. The van der Waals surface area contributed by atoms with Gasteiger partial charge in [0, 0.05) is 4.90 Å². The summed E-state index contributed by atoms with van der Waals surface area (Å²) < 4.78 is 5.46. The predicted molar refractivity (Wildman–Crippen MR) is 97.8 cm³/mol. The van der Waals surface area contributed by atoms with Gasteiger partial charge in [0.1, 0.15) is 0 Å². The topological polar surface area (TPSA) is 81.2 Å². The molecule has 0 spiro atoms. The molecule has 0 fully saturated rings. The number of benzene rings is 1. The van der Waals surface area contributed by atoms with Gasteiger partial charge in [-0.15, -0.1) is 22.0 Å². The summed E-state index contributed by atoms with van der Waals surface area (Å²) in [6.07, 6.45) is 0. The molecule has 9 heteroatoms. The van der Waals surface area contributed by atoms with Crippen molar-refractivity contribution in [2.45, 2.75) is 23.1 Å². The number of esters is 1. The number of nitrogens with one attached hydrogen (secondary N) is 1. The lowest BCUT2D eigenvalue weighted by atomic mass is 10.2. The summed E-state index contributed by atoms with van der Waals surface area (Å²) in [5, 5.41) is 11.0. The minimum absolute atomic E-state index is 0.140. The Kier molecular flexibility index (Phi) is 7.54. The molecule has 0 saturated carbocycles. The maximum Gasteiger partial charge on any atom is 0.316 e. The molecule has 0 saturated heterocycles. The maximum absolute atomic E-state index is 11.9. The number of nitrogens with zero attached hydrogens (tertiary/aromatic N) is 2. The maximum atomic E-state index is 11.9. The number of aryl methyl sites for hydroxylation is 1. The molecule has 24 heavy (non-hydrogen) atoms. The molecular formula is C15H17N3O3S3. The molecule has 0 aliphatic heterocycles. The van der Waals surface area contributed by atoms with Gasteiger partial charge >= 0.3 is 5.97 Å². The van der Waals surface area contributed by atoms with Crippen LogP contribution in [0.1, 0.15) is 12.5 Å². The van der Waals surface area contributed by atoms with Crippen molar-refractivity contribution in [2.24, 2.45) is 0 Å².